The lowest BCUT2D eigenvalue weighted by Gasteiger charge is -2.31. The summed E-state index contributed by atoms with van der Waals surface area (Å²) >= 11 is 7.76. The first-order valence-corrected chi connectivity index (χ1v) is 10.1. The number of hydrogen-bond acceptors (Lipinski definition) is 5. The lowest BCUT2D eigenvalue weighted by atomic mass is 9.89. The highest BCUT2D eigenvalue weighted by molar-refractivity contribution is 7.16. The smallest absolute Gasteiger partial charge is 0.354 e. The van der Waals surface area contributed by atoms with Crippen molar-refractivity contribution < 1.29 is 18.0 Å². The van der Waals surface area contributed by atoms with Crippen LogP contribution in [0.5, 0.6) is 0 Å². The number of Topliss-reactive ketones (excluding diaryl/α,β-unsaturated/α-hetero) is 1. The number of aromatic nitrogens is 1. The van der Waals surface area contributed by atoms with E-state index in [9.17, 15) is 18.0 Å². The number of carbonyl (C=O) groups is 1. The molecule has 0 saturated carbocycles. The number of nitrogens with zero attached hydrogens (tertiary/aromatic N) is 3. The van der Waals surface area contributed by atoms with E-state index in [-0.39, 0.29) is 11.7 Å². The number of benzene rings is 1. The maximum atomic E-state index is 12.8. The predicted molar refractivity (Wildman–Crippen MR) is 105 cm³/mol. The van der Waals surface area contributed by atoms with Crippen molar-refractivity contribution in [2.24, 2.45) is 5.92 Å². The number of hydrogen-bond donors (Lipinski definition) is 0. The van der Waals surface area contributed by atoms with Gasteiger partial charge >= 0.3 is 6.18 Å². The zero-order chi connectivity index (χ0) is 20.5. The molecule has 1 atom stereocenters. The van der Waals surface area contributed by atoms with Gasteiger partial charge < -0.3 is 4.90 Å². The van der Waals surface area contributed by atoms with Gasteiger partial charge in [-0.2, -0.15) is 13.2 Å². The molecule has 1 aromatic carbocycles. The molecule has 0 radical (unpaired) electrons. The van der Waals surface area contributed by atoms with Gasteiger partial charge in [-0.25, -0.2) is 4.98 Å². The molecule has 152 valence electrons. The van der Waals surface area contributed by atoms with E-state index in [1.165, 1.54) is 23.5 Å². The Labute approximate surface area is 170 Å². The van der Waals surface area contributed by atoms with Gasteiger partial charge in [-0.1, -0.05) is 35.1 Å². The third-order valence-electron chi connectivity index (χ3n) is 4.76. The van der Waals surface area contributed by atoms with E-state index in [0.717, 1.165) is 41.5 Å². The van der Waals surface area contributed by atoms with Crippen LogP contribution in [0, 0.1) is 5.92 Å². The summed E-state index contributed by atoms with van der Waals surface area (Å²) in [6.07, 6.45) is -2.81. The average Bonchev–Trinajstić information content (AvgIpc) is 3.01. The number of halogens is 4. The average molecular weight is 432 g/mol. The number of rotatable bonds is 5. The van der Waals surface area contributed by atoms with Gasteiger partial charge in [-0.05, 0) is 31.5 Å². The van der Waals surface area contributed by atoms with E-state index in [0.29, 0.717) is 23.8 Å². The van der Waals surface area contributed by atoms with Crippen molar-refractivity contribution in [3.63, 3.8) is 0 Å². The van der Waals surface area contributed by atoms with E-state index in [1.54, 1.807) is 0 Å². The molecule has 1 aliphatic rings. The highest BCUT2D eigenvalue weighted by Crippen LogP contribution is 2.32. The molecular weight excluding hydrogens is 411 g/mol. The fourth-order valence-corrected chi connectivity index (χ4v) is 4.51. The summed E-state index contributed by atoms with van der Waals surface area (Å²) in [4.78, 5) is 22.1. The Morgan fingerprint density at radius 3 is 2.57 bits per heavy atom. The molecule has 0 bridgehead atoms. The Kier molecular flexibility index (Phi) is 6.31. The molecule has 2 heterocycles. The van der Waals surface area contributed by atoms with Gasteiger partial charge in [-0.15, -0.1) is 0 Å². The predicted octanol–water partition coefficient (Wildman–Crippen LogP) is 4.98. The molecule has 1 aliphatic heterocycles. The SMILES string of the molecule is CN(C)c1nc(Cl)c(CN2CCC[C@H](C(=O)c3ccc(C(F)(F)F)cc3)C2)s1. The topological polar surface area (TPSA) is 36.4 Å². The first kappa shape index (κ1) is 21.1. The molecule has 0 N–H and O–H groups in total. The third-order valence-corrected chi connectivity index (χ3v) is 6.39. The fraction of sp³-hybridized carbons (Fsp3) is 0.474. The first-order chi connectivity index (χ1) is 13.1. The number of alkyl halides is 3. The molecule has 28 heavy (non-hydrogen) atoms. The lowest BCUT2D eigenvalue weighted by molar-refractivity contribution is -0.137. The fourth-order valence-electron chi connectivity index (χ4n) is 3.29. The van der Waals surface area contributed by atoms with Gasteiger partial charge in [0.05, 0.1) is 10.4 Å². The van der Waals surface area contributed by atoms with E-state index in [2.05, 4.69) is 9.88 Å². The van der Waals surface area contributed by atoms with Crippen molar-refractivity contribution in [2.45, 2.75) is 25.6 Å². The third kappa shape index (κ3) is 4.85. The number of thiazole rings is 1. The zero-order valence-corrected chi connectivity index (χ0v) is 17.2. The van der Waals surface area contributed by atoms with Crippen LogP contribution in [0.4, 0.5) is 18.3 Å². The number of carbonyl (C=O) groups excluding carboxylic acids is 1. The second-order valence-electron chi connectivity index (χ2n) is 7.12. The van der Waals surface area contributed by atoms with E-state index >= 15 is 0 Å². The molecule has 3 rings (SSSR count). The van der Waals surface area contributed by atoms with Crippen LogP contribution in [-0.2, 0) is 12.7 Å². The van der Waals surface area contributed by atoms with Crippen LogP contribution in [0.3, 0.4) is 0 Å². The first-order valence-electron chi connectivity index (χ1n) is 8.91. The minimum atomic E-state index is -4.40. The van der Waals surface area contributed by atoms with Gasteiger partial charge in [0.25, 0.3) is 0 Å². The van der Waals surface area contributed by atoms with Crippen LogP contribution in [0.15, 0.2) is 24.3 Å². The monoisotopic (exact) mass is 431 g/mol. The summed E-state index contributed by atoms with van der Waals surface area (Å²) in [6, 6.07) is 4.47. The van der Waals surface area contributed by atoms with Crippen LogP contribution in [0.1, 0.15) is 33.6 Å². The van der Waals surface area contributed by atoms with Crippen LogP contribution >= 0.6 is 22.9 Å². The van der Waals surface area contributed by atoms with E-state index < -0.39 is 11.7 Å². The van der Waals surface area contributed by atoms with Crippen molar-refractivity contribution in [1.82, 2.24) is 9.88 Å². The summed E-state index contributed by atoms with van der Waals surface area (Å²) in [6.45, 7) is 2.02. The van der Waals surface area contributed by atoms with Crippen LogP contribution in [0.2, 0.25) is 5.15 Å². The number of ketones is 1. The number of anilines is 1. The second-order valence-corrected chi connectivity index (χ2v) is 8.54. The van der Waals surface area contributed by atoms with Crippen LogP contribution < -0.4 is 4.90 Å². The van der Waals surface area contributed by atoms with Gasteiger partial charge in [0.15, 0.2) is 10.9 Å². The summed E-state index contributed by atoms with van der Waals surface area (Å²) < 4.78 is 38.1. The molecule has 2 aromatic rings. The molecule has 4 nitrogen and oxygen atoms in total. The van der Waals surface area contributed by atoms with Gasteiger partial charge in [0.2, 0.25) is 0 Å². The van der Waals surface area contributed by atoms with Crippen LogP contribution in [0.25, 0.3) is 0 Å². The summed E-state index contributed by atoms with van der Waals surface area (Å²) in [5, 5.41) is 1.30. The molecule has 9 heteroatoms. The second kappa shape index (κ2) is 8.39. The van der Waals surface area contributed by atoms with Gasteiger partial charge in [-0.3, -0.25) is 9.69 Å². The summed E-state index contributed by atoms with van der Waals surface area (Å²) in [7, 11) is 3.80. The Morgan fingerprint density at radius 1 is 1.32 bits per heavy atom. The normalized spacial score (nSPS) is 18.3. The van der Waals surface area contributed by atoms with Crippen molar-refractivity contribution in [3.8, 4) is 0 Å². The largest absolute Gasteiger partial charge is 0.416 e. The minimum Gasteiger partial charge on any atom is -0.354 e. The lowest BCUT2D eigenvalue weighted by Crippen LogP contribution is -2.38. The standard InChI is InChI=1S/C19H21ClF3N3OS/c1-25(2)18-24-17(20)15(28-18)11-26-9-3-4-13(10-26)16(27)12-5-7-14(8-6-12)19(21,22)23/h5-8,13H,3-4,9-11H2,1-2H3/t13-/m0/s1. The Bertz CT molecular complexity index is 836. The number of likely N-dealkylation sites (tertiary alicyclic amines) is 1. The maximum absolute atomic E-state index is 12.8. The molecular formula is C19H21ClF3N3OS. The van der Waals surface area contributed by atoms with Crippen molar-refractivity contribution in [2.75, 3.05) is 32.1 Å². The van der Waals surface area contributed by atoms with Crippen molar-refractivity contribution in [1.29, 1.82) is 0 Å². The van der Waals surface area contributed by atoms with Gasteiger partial charge in [0.1, 0.15) is 5.15 Å². The number of piperidine rings is 1. The Morgan fingerprint density at radius 2 is 2.00 bits per heavy atom. The van der Waals surface area contributed by atoms with E-state index in [4.69, 9.17) is 11.6 Å². The summed E-state index contributed by atoms with van der Waals surface area (Å²) in [5.41, 5.74) is -0.420. The maximum Gasteiger partial charge on any atom is 0.416 e. The highest BCUT2D eigenvalue weighted by Gasteiger charge is 2.31. The highest BCUT2D eigenvalue weighted by atomic mass is 35.5. The Balaban J connectivity index is 1.66. The molecule has 0 unspecified atom stereocenters. The molecule has 1 aromatic heterocycles. The molecule has 1 saturated heterocycles. The Hall–Kier alpha value is -1.64. The van der Waals surface area contributed by atoms with E-state index in [1.807, 2.05) is 19.0 Å². The van der Waals surface area contributed by atoms with Crippen LogP contribution in [-0.4, -0.2) is 42.9 Å². The molecule has 0 amide bonds. The molecule has 1 fully saturated rings. The molecule has 0 spiro atoms. The van der Waals surface area contributed by atoms with Crippen molar-refractivity contribution in [3.05, 3.63) is 45.4 Å². The minimum absolute atomic E-state index is 0.109. The zero-order valence-electron chi connectivity index (χ0n) is 15.6. The molecule has 0 aliphatic carbocycles. The van der Waals surface area contributed by atoms with Crippen molar-refractivity contribution >= 4 is 33.9 Å². The summed E-state index contributed by atoms with van der Waals surface area (Å²) in [5.74, 6) is -0.340. The van der Waals surface area contributed by atoms with Gasteiger partial charge in [0, 0.05) is 38.7 Å². The quantitative estimate of drug-likeness (QED) is 0.626.